The van der Waals surface area contributed by atoms with Crippen LogP contribution in [0.5, 0.6) is 11.5 Å². The topological polar surface area (TPSA) is 88.5 Å². The molecule has 3 aliphatic rings. The molecule has 266 valence electrons. The summed E-state index contributed by atoms with van der Waals surface area (Å²) in [6.45, 7) is 6.06. The van der Waals surface area contributed by atoms with Crippen molar-refractivity contribution < 1.29 is 28.9 Å². The van der Waals surface area contributed by atoms with Crippen molar-refractivity contribution >= 4 is 29.3 Å². The highest BCUT2D eigenvalue weighted by molar-refractivity contribution is 6.30. The number of halogens is 1. The van der Waals surface area contributed by atoms with Crippen LogP contribution in [0.3, 0.4) is 0 Å². The van der Waals surface area contributed by atoms with Crippen molar-refractivity contribution in [2.75, 3.05) is 12.0 Å². The molecule has 4 unspecified atom stereocenters. The van der Waals surface area contributed by atoms with E-state index in [4.69, 9.17) is 25.8 Å². The molecule has 0 radical (unpaired) electrons. The van der Waals surface area contributed by atoms with Gasteiger partial charge >= 0.3 is 6.09 Å². The van der Waals surface area contributed by atoms with Crippen LogP contribution in [0.4, 0.5) is 10.5 Å². The minimum Gasteiger partial charge on any atom is -0.493 e. The molecule has 2 amide bonds. The first kappa shape index (κ1) is 34.9. The predicted octanol–water partition coefficient (Wildman–Crippen LogP) is 8.60. The standard InChI is InChI=1S/C42H45ClN2O6/c1-26(2)51-38-24-36-29(20-37(38)49-4)21-39(46)45(40(36)28-10-14-32(43)15-11-28)33-16-12-30(13-17-33)42(3,48)31-22-34-18-19-35(23-31)44(34)41(47)50-25-27-8-6-5-7-9-27/h5-17,20,24,26,31,34-35,40,48H,18-19,21-23,25H2,1-4H3. The van der Waals surface area contributed by atoms with Gasteiger partial charge in [-0.15, -0.1) is 0 Å². The number of ether oxygens (including phenoxy) is 3. The quantitative estimate of drug-likeness (QED) is 0.187. The lowest BCUT2D eigenvalue weighted by atomic mass is 9.75. The molecule has 2 saturated heterocycles. The fourth-order valence-corrected chi connectivity index (χ4v) is 8.38. The summed E-state index contributed by atoms with van der Waals surface area (Å²) in [5, 5.41) is 12.7. The van der Waals surface area contributed by atoms with E-state index in [1.54, 1.807) is 7.11 Å². The van der Waals surface area contributed by atoms with Crippen LogP contribution in [0, 0.1) is 5.92 Å². The zero-order valence-corrected chi connectivity index (χ0v) is 30.3. The van der Waals surface area contributed by atoms with E-state index >= 15 is 0 Å². The molecule has 2 bridgehead atoms. The molecule has 0 spiro atoms. The number of hydrogen-bond acceptors (Lipinski definition) is 6. The van der Waals surface area contributed by atoms with Crippen molar-refractivity contribution in [2.45, 2.75) is 89.3 Å². The van der Waals surface area contributed by atoms with Gasteiger partial charge in [0.2, 0.25) is 5.91 Å². The molecule has 0 saturated carbocycles. The molecule has 0 aliphatic carbocycles. The van der Waals surface area contributed by atoms with E-state index in [-0.39, 0.29) is 49.1 Å². The van der Waals surface area contributed by atoms with Crippen molar-refractivity contribution in [2.24, 2.45) is 5.92 Å². The molecular weight excluding hydrogens is 664 g/mol. The number of methoxy groups -OCH3 is 1. The van der Waals surface area contributed by atoms with E-state index in [9.17, 15) is 14.7 Å². The number of nitrogens with zero attached hydrogens (tertiary/aromatic N) is 2. The minimum atomic E-state index is -1.13. The van der Waals surface area contributed by atoms with Crippen LogP contribution in [0.25, 0.3) is 0 Å². The van der Waals surface area contributed by atoms with Gasteiger partial charge in [0, 0.05) is 22.8 Å². The highest BCUT2D eigenvalue weighted by Crippen LogP contribution is 2.48. The zero-order valence-electron chi connectivity index (χ0n) is 29.6. The first-order chi connectivity index (χ1) is 24.5. The van der Waals surface area contributed by atoms with Gasteiger partial charge in [-0.25, -0.2) is 4.79 Å². The number of benzene rings is 4. The SMILES string of the molecule is COc1cc2c(cc1OC(C)C)C(c1ccc(Cl)cc1)N(c1ccc(C(C)(O)C3CC4CCC(C3)N4C(=O)OCc3ccccc3)cc1)C(=O)C2. The normalized spacial score (nSPS) is 22.4. The van der Waals surface area contributed by atoms with Crippen LogP contribution in [-0.2, 0) is 28.2 Å². The summed E-state index contributed by atoms with van der Waals surface area (Å²) in [6, 6.07) is 28.5. The maximum absolute atomic E-state index is 14.0. The van der Waals surface area contributed by atoms with E-state index in [1.807, 2.05) is 122 Å². The lowest BCUT2D eigenvalue weighted by Gasteiger charge is -2.44. The highest BCUT2D eigenvalue weighted by Gasteiger charge is 2.49. The lowest BCUT2D eigenvalue weighted by Crippen LogP contribution is -2.50. The zero-order chi connectivity index (χ0) is 35.9. The Labute approximate surface area is 304 Å². The van der Waals surface area contributed by atoms with Crippen molar-refractivity contribution in [3.8, 4) is 11.5 Å². The average molecular weight is 709 g/mol. The number of amides is 2. The van der Waals surface area contributed by atoms with E-state index in [0.717, 1.165) is 46.3 Å². The van der Waals surface area contributed by atoms with Gasteiger partial charge in [-0.1, -0.05) is 66.2 Å². The average Bonchev–Trinajstić information content (AvgIpc) is 3.39. The first-order valence-electron chi connectivity index (χ1n) is 17.8. The van der Waals surface area contributed by atoms with Crippen molar-refractivity contribution in [3.63, 3.8) is 0 Å². The summed E-state index contributed by atoms with van der Waals surface area (Å²) in [5.74, 6) is 1.12. The number of aliphatic hydroxyl groups is 1. The second-order valence-corrected chi connectivity index (χ2v) is 14.9. The van der Waals surface area contributed by atoms with Gasteiger partial charge in [0.15, 0.2) is 11.5 Å². The molecule has 3 aliphatic heterocycles. The van der Waals surface area contributed by atoms with E-state index in [2.05, 4.69) is 0 Å². The highest BCUT2D eigenvalue weighted by atomic mass is 35.5. The van der Waals surface area contributed by atoms with E-state index in [1.165, 1.54) is 0 Å². The number of anilines is 1. The fourth-order valence-electron chi connectivity index (χ4n) is 8.25. The Morgan fingerprint density at radius 1 is 0.941 bits per heavy atom. The Morgan fingerprint density at radius 2 is 1.61 bits per heavy atom. The molecule has 4 aromatic rings. The minimum absolute atomic E-state index is 0.0251. The number of carbonyl (C=O) groups is 2. The third kappa shape index (κ3) is 6.91. The number of fused-ring (bicyclic) bond motifs is 3. The van der Waals surface area contributed by atoms with Crippen LogP contribution in [-0.4, -0.2) is 47.3 Å². The molecule has 3 heterocycles. The van der Waals surface area contributed by atoms with Gasteiger partial charge in [-0.05, 0) is 117 Å². The number of hydrogen-bond donors (Lipinski definition) is 1. The lowest BCUT2D eigenvalue weighted by molar-refractivity contribution is -0.118. The van der Waals surface area contributed by atoms with Gasteiger partial charge < -0.3 is 29.1 Å². The molecule has 51 heavy (non-hydrogen) atoms. The smallest absolute Gasteiger partial charge is 0.410 e. The van der Waals surface area contributed by atoms with Crippen LogP contribution in [0.15, 0.2) is 91.0 Å². The van der Waals surface area contributed by atoms with Crippen LogP contribution >= 0.6 is 11.6 Å². The predicted molar refractivity (Wildman–Crippen MR) is 197 cm³/mol. The van der Waals surface area contributed by atoms with Crippen LogP contribution in [0.1, 0.15) is 80.3 Å². The van der Waals surface area contributed by atoms with Crippen LogP contribution in [0.2, 0.25) is 5.02 Å². The second kappa shape index (κ2) is 14.2. The van der Waals surface area contributed by atoms with Gasteiger partial charge in [0.25, 0.3) is 0 Å². The molecule has 2 fully saturated rings. The number of carbonyl (C=O) groups excluding carboxylic acids is 2. The molecule has 9 heteroatoms. The maximum atomic E-state index is 14.0. The summed E-state index contributed by atoms with van der Waals surface area (Å²) in [5.41, 5.74) is 4.08. The second-order valence-electron chi connectivity index (χ2n) is 14.5. The molecule has 8 nitrogen and oxygen atoms in total. The Hall–Kier alpha value is -4.53. The molecule has 1 N–H and O–H groups in total. The van der Waals surface area contributed by atoms with Gasteiger partial charge in [0.1, 0.15) is 6.61 Å². The van der Waals surface area contributed by atoms with Crippen molar-refractivity contribution in [1.82, 2.24) is 4.90 Å². The molecule has 4 atom stereocenters. The molecule has 0 aromatic heterocycles. The Balaban J connectivity index is 1.13. The Bertz CT molecular complexity index is 1860. The van der Waals surface area contributed by atoms with Gasteiger partial charge in [-0.3, -0.25) is 4.79 Å². The van der Waals surface area contributed by atoms with Gasteiger partial charge in [-0.2, -0.15) is 0 Å². The summed E-state index contributed by atoms with van der Waals surface area (Å²) in [6.07, 6.45) is 3.04. The number of rotatable bonds is 9. The van der Waals surface area contributed by atoms with Crippen LogP contribution < -0.4 is 14.4 Å². The summed E-state index contributed by atoms with van der Waals surface area (Å²) in [7, 11) is 1.61. The largest absolute Gasteiger partial charge is 0.493 e. The Morgan fingerprint density at radius 3 is 2.24 bits per heavy atom. The summed E-state index contributed by atoms with van der Waals surface area (Å²) >= 11 is 6.30. The molecule has 7 rings (SSSR count). The summed E-state index contributed by atoms with van der Waals surface area (Å²) < 4.78 is 17.5. The number of piperidine rings is 1. The molecular formula is C42H45ClN2O6. The molecule has 4 aromatic carbocycles. The van der Waals surface area contributed by atoms with E-state index in [0.29, 0.717) is 29.4 Å². The first-order valence-corrected chi connectivity index (χ1v) is 18.2. The van der Waals surface area contributed by atoms with Gasteiger partial charge in [0.05, 0.1) is 31.3 Å². The van der Waals surface area contributed by atoms with Crippen molar-refractivity contribution in [1.29, 1.82) is 0 Å². The third-order valence-corrected chi connectivity index (χ3v) is 11.1. The van der Waals surface area contributed by atoms with E-state index < -0.39 is 11.6 Å². The third-order valence-electron chi connectivity index (χ3n) is 10.8. The maximum Gasteiger partial charge on any atom is 0.410 e. The monoisotopic (exact) mass is 708 g/mol. The summed E-state index contributed by atoms with van der Waals surface area (Å²) in [4.78, 5) is 30.9. The Kier molecular flexibility index (Phi) is 9.74. The fraction of sp³-hybridized carbons (Fsp3) is 0.381. The van der Waals surface area contributed by atoms with Crippen molar-refractivity contribution in [3.05, 3.63) is 124 Å².